The van der Waals surface area contributed by atoms with E-state index in [0.717, 1.165) is 0 Å². The van der Waals surface area contributed by atoms with Crippen molar-refractivity contribution in [2.45, 2.75) is 26.0 Å². The van der Waals surface area contributed by atoms with Crippen LogP contribution < -0.4 is 0 Å². The van der Waals surface area contributed by atoms with Gasteiger partial charge in [-0.05, 0) is 13.8 Å². The zero-order valence-corrected chi connectivity index (χ0v) is 10.5. The Morgan fingerprint density at radius 2 is 2.18 bits per heavy atom. The van der Waals surface area contributed by atoms with Gasteiger partial charge in [-0.25, -0.2) is 0 Å². The van der Waals surface area contributed by atoms with Crippen molar-refractivity contribution < 1.29 is 23.8 Å². The summed E-state index contributed by atoms with van der Waals surface area (Å²) in [5.74, 6) is -0.724. The van der Waals surface area contributed by atoms with Crippen LogP contribution in [-0.4, -0.2) is 62.4 Å². The smallest absolute Gasteiger partial charge is 0.325 e. The number of carbonyl (C=O) groups excluding carboxylic acids is 2. The Labute approximate surface area is 101 Å². The molecule has 0 aliphatic carbocycles. The molecule has 0 N–H and O–H groups in total. The van der Waals surface area contributed by atoms with Crippen LogP contribution >= 0.6 is 0 Å². The Morgan fingerprint density at radius 3 is 2.76 bits per heavy atom. The number of esters is 2. The molecule has 0 aromatic rings. The number of carbonyl (C=O) groups is 2. The monoisotopic (exact) mass is 245 g/mol. The molecule has 98 valence electrons. The highest BCUT2D eigenvalue weighted by molar-refractivity contribution is 5.78. The zero-order valence-electron chi connectivity index (χ0n) is 10.5. The minimum absolute atomic E-state index is 0.0846. The van der Waals surface area contributed by atoms with Gasteiger partial charge in [0.2, 0.25) is 0 Å². The molecule has 0 aromatic heterocycles. The fraction of sp³-hybridized carbons (Fsp3) is 0.818. The van der Waals surface area contributed by atoms with Gasteiger partial charge in [-0.15, -0.1) is 0 Å². The summed E-state index contributed by atoms with van der Waals surface area (Å²) in [5, 5.41) is 0. The minimum atomic E-state index is -0.520. The van der Waals surface area contributed by atoms with Gasteiger partial charge in [0.1, 0.15) is 6.04 Å². The van der Waals surface area contributed by atoms with Crippen molar-refractivity contribution >= 4 is 11.9 Å². The molecule has 1 fully saturated rings. The number of rotatable bonds is 4. The molecular weight excluding hydrogens is 226 g/mol. The van der Waals surface area contributed by atoms with E-state index < -0.39 is 6.04 Å². The van der Waals surface area contributed by atoms with E-state index in [9.17, 15) is 9.59 Å². The molecule has 1 saturated heterocycles. The maximum atomic E-state index is 11.5. The molecule has 1 rings (SSSR count). The Balaban J connectivity index is 2.53. The van der Waals surface area contributed by atoms with Crippen LogP contribution in [0.2, 0.25) is 0 Å². The van der Waals surface area contributed by atoms with Crippen molar-refractivity contribution in [3.05, 3.63) is 0 Å². The molecule has 6 heteroatoms. The molecule has 1 heterocycles. The third-order valence-electron chi connectivity index (χ3n) is 2.41. The predicted molar refractivity (Wildman–Crippen MR) is 59.4 cm³/mol. The maximum Gasteiger partial charge on any atom is 0.325 e. The van der Waals surface area contributed by atoms with Crippen LogP contribution in [0.5, 0.6) is 0 Å². The van der Waals surface area contributed by atoms with Crippen LogP contribution in [0, 0.1) is 0 Å². The average molecular weight is 245 g/mol. The Hall–Kier alpha value is -1.14. The van der Waals surface area contributed by atoms with Gasteiger partial charge in [0.25, 0.3) is 0 Å². The molecule has 0 amide bonds. The first-order valence-corrected chi connectivity index (χ1v) is 5.63. The van der Waals surface area contributed by atoms with E-state index >= 15 is 0 Å². The number of morpholine rings is 1. The lowest BCUT2D eigenvalue weighted by Gasteiger charge is -2.32. The highest BCUT2D eigenvalue weighted by atomic mass is 16.5. The van der Waals surface area contributed by atoms with E-state index in [1.165, 1.54) is 7.11 Å². The molecule has 0 spiro atoms. The van der Waals surface area contributed by atoms with Crippen LogP contribution in [0.25, 0.3) is 0 Å². The lowest BCUT2D eigenvalue weighted by Crippen LogP contribution is -2.52. The van der Waals surface area contributed by atoms with E-state index in [1.54, 1.807) is 18.7 Å². The van der Waals surface area contributed by atoms with Crippen molar-refractivity contribution in [2.24, 2.45) is 0 Å². The van der Waals surface area contributed by atoms with E-state index in [-0.39, 0.29) is 31.2 Å². The van der Waals surface area contributed by atoms with E-state index in [0.29, 0.717) is 13.2 Å². The largest absolute Gasteiger partial charge is 0.468 e. The molecule has 0 bridgehead atoms. The molecule has 17 heavy (non-hydrogen) atoms. The quantitative estimate of drug-likeness (QED) is 0.640. The number of nitrogens with zero attached hydrogens (tertiary/aromatic N) is 1. The van der Waals surface area contributed by atoms with Gasteiger partial charge in [0, 0.05) is 6.54 Å². The first-order valence-electron chi connectivity index (χ1n) is 5.63. The van der Waals surface area contributed by atoms with Crippen LogP contribution in [0.4, 0.5) is 0 Å². The Bertz CT molecular complexity index is 279. The number of methoxy groups -OCH3 is 1. The highest BCUT2D eigenvalue weighted by Gasteiger charge is 2.31. The second-order valence-electron chi connectivity index (χ2n) is 4.12. The van der Waals surface area contributed by atoms with Gasteiger partial charge < -0.3 is 14.2 Å². The Kier molecular flexibility index (Phi) is 5.37. The first kappa shape index (κ1) is 13.9. The number of hydrogen-bond donors (Lipinski definition) is 0. The summed E-state index contributed by atoms with van der Waals surface area (Å²) in [4.78, 5) is 24.7. The summed E-state index contributed by atoms with van der Waals surface area (Å²) < 4.78 is 14.9. The summed E-state index contributed by atoms with van der Waals surface area (Å²) in [6, 6.07) is -0.520. The SMILES string of the molecule is COC(=O)C1COCCN1CC(=O)OC(C)C. The van der Waals surface area contributed by atoms with Gasteiger partial charge in [-0.2, -0.15) is 0 Å². The van der Waals surface area contributed by atoms with Crippen molar-refractivity contribution in [1.29, 1.82) is 0 Å². The molecule has 0 aromatic carbocycles. The summed E-state index contributed by atoms with van der Waals surface area (Å²) in [5.41, 5.74) is 0. The normalized spacial score (nSPS) is 21.3. The standard InChI is InChI=1S/C11H19NO5/c1-8(2)17-10(13)6-12-4-5-16-7-9(12)11(14)15-3/h8-9H,4-7H2,1-3H3. The summed E-state index contributed by atoms with van der Waals surface area (Å²) >= 11 is 0. The van der Waals surface area contributed by atoms with Crippen LogP contribution in [-0.2, 0) is 23.8 Å². The summed E-state index contributed by atoms with van der Waals surface area (Å²) in [7, 11) is 1.32. The molecule has 1 atom stereocenters. The highest BCUT2D eigenvalue weighted by Crippen LogP contribution is 2.08. The first-order chi connectivity index (χ1) is 8.04. The third kappa shape index (κ3) is 4.32. The van der Waals surface area contributed by atoms with Gasteiger partial charge in [-0.1, -0.05) is 0 Å². The average Bonchev–Trinajstić information content (AvgIpc) is 2.27. The topological polar surface area (TPSA) is 65.1 Å². The van der Waals surface area contributed by atoms with Gasteiger partial charge >= 0.3 is 11.9 Å². The molecule has 0 saturated carbocycles. The van der Waals surface area contributed by atoms with Gasteiger partial charge in [0.15, 0.2) is 0 Å². The van der Waals surface area contributed by atoms with Crippen molar-refractivity contribution in [2.75, 3.05) is 33.4 Å². The number of ether oxygens (including phenoxy) is 3. The lowest BCUT2D eigenvalue weighted by atomic mass is 10.2. The van der Waals surface area contributed by atoms with Crippen LogP contribution in [0.1, 0.15) is 13.8 Å². The molecular formula is C11H19NO5. The Morgan fingerprint density at radius 1 is 1.47 bits per heavy atom. The minimum Gasteiger partial charge on any atom is -0.468 e. The second-order valence-corrected chi connectivity index (χ2v) is 4.12. The molecule has 1 unspecified atom stereocenters. The van der Waals surface area contributed by atoms with Crippen LogP contribution in [0.3, 0.4) is 0 Å². The molecule has 6 nitrogen and oxygen atoms in total. The maximum absolute atomic E-state index is 11.5. The van der Waals surface area contributed by atoms with E-state index in [1.807, 2.05) is 0 Å². The van der Waals surface area contributed by atoms with Crippen molar-refractivity contribution in [1.82, 2.24) is 4.90 Å². The molecule has 1 aliphatic heterocycles. The van der Waals surface area contributed by atoms with Crippen molar-refractivity contribution in [3.63, 3.8) is 0 Å². The fourth-order valence-electron chi connectivity index (χ4n) is 1.65. The predicted octanol–water partition coefficient (Wildman–Crippen LogP) is -0.188. The van der Waals surface area contributed by atoms with E-state index in [2.05, 4.69) is 4.74 Å². The molecule has 0 radical (unpaired) electrons. The number of hydrogen-bond acceptors (Lipinski definition) is 6. The van der Waals surface area contributed by atoms with Gasteiger partial charge in [-0.3, -0.25) is 14.5 Å². The van der Waals surface area contributed by atoms with Gasteiger partial charge in [0.05, 0.1) is 33.0 Å². The summed E-state index contributed by atoms with van der Waals surface area (Å²) in [6.45, 7) is 4.93. The third-order valence-corrected chi connectivity index (χ3v) is 2.41. The molecule has 1 aliphatic rings. The second kappa shape index (κ2) is 6.56. The zero-order chi connectivity index (χ0) is 12.8. The van der Waals surface area contributed by atoms with Crippen LogP contribution in [0.15, 0.2) is 0 Å². The lowest BCUT2D eigenvalue weighted by molar-refractivity contribution is -0.159. The summed E-state index contributed by atoms with van der Waals surface area (Å²) in [6.07, 6.45) is -0.153. The fourth-order valence-corrected chi connectivity index (χ4v) is 1.65. The van der Waals surface area contributed by atoms with Crippen molar-refractivity contribution in [3.8, 4) is 0 Å². The van der Waals surface area contributed by atoms with E-state index in [4.69, 9.17) is 9.47 Å².